The molecular weight excluding hydrogens is 421 g/mol. The van der Waals surface area contributed by atoms with Crippen LogP contribution in [0.3, 0.4) is 0 Å². The SMILES string of the molecule is O=C(Nc1cc(Cl)ccc1Cl)c1c[nH]c(=O)n(Cc2ccc3c(c2)OCO3)c1=O. The number of amides is 1. The number of hydrogen-bond donors (Lipinski definition) is 2. The maximum absolute atomic E-state index is 12.8. The Morgan fingerprint density at radius 1 is 1.10 bits per heavy atom. The van der Waals surface area contributed by atoms with E-state index < -0.39 is 17.2 Å². The van der Waals surface area contributed by atoms with Crippen LogP contribution in [0.5, 0.6) is 11.5 Å². The summed E-state index contributed by atoms with van der Waals surface area (Å²) in [6.45, 7) is 0.0604. The normalized spacial score (nSPS) is 12.1. The molecule has 2 heterocycles. The second-order valence-electron chi connectivity index (χ2n) is 6.16. The van der Waals surface area contributed by atoms with Gasteiger partial charge in [-0.3, -0.25) is 14.2 Å². The van der Waals surface area contributed by atoms with Crippen LogP contribution < -0.4 is 26.0 Å². The largest absolute Gasteiger partial charge is 0.454 e. The molecule has 148 valence electrons. The first-order valence-electron chi connectivity index (χ1n) is 8.40. The van der Waals surface area contributed by atoms with Gasteiger partial charge < -0.3 is 19.8 Å². The van der Waals surface area contributed by atoms with Gasteiger partial charge in [0.25, 0.3) is 11.5 Å². The molecule has 1 amide bonds. The van der Waals surface area contributed by atoms with Gasteiger partial charge in [-0.25, -0.2) is 4.79 Å². The molecule has 2 aromatic carbocycles. The van der Waals surface area contributed by atoms with Crippen LogP contribution in [0.1, 0.15) is 15.9 Å². The van der Waals surface area contributed by atoms with E-state index in [1.54, 1.807) is 24.3 Å². The van der Waals surface area contributed by atoms with Crippen LogP contribution in [0.15, 0.2) is 52.2 Å². The van der Waals surface area contributed by atoms with Crippen molar-refractivity contribution in [3.63, 3.8) is 0 Å². The minimum absolute atomic E-state index is 0.0517. The number of hydrogen-bond acceptors (Lipinski definition) is 5. The van der Waals surface area contributed by atoms with Gasteiger partial charge in [-0.1, -0.05) is 29.3 Å². The zero-order valence-electron chi connectivity index (χ0n) is 14.7. The number of carbonyl (C=O) groups is 1. The van der Waals surface area contributed by atoms with E-state index in [4.69, 9.17) is 32.7 Å². The number of aromatic nitrogens is 2. The molecule has 1 aromatic heterocycles. The molecule has 0 spiro atoms. The lowest BCUT2D eigenvalue weighted by molar-refractivity contribution is 0.102. The zero-order chi connectivity index (χ0) is 20.5. The van der Waals surface area contributed by atoms with Gasteiger partial charge in [0.1, 0.15) is 5.56 Å². The van der Waals surface area contributed by atoms with Crippen molar-refractivity contribution in [2.75, 3.05) is 12.1 Å². The van der Waals surface area contributed by atoms with Crippen molar-refractivity contribution < 1.29 is 14.3 Å². The Morgan fingerprint density at radius 2 is 1.90 bits per heavy atom. The molecule has 4 rings (SSSR count). The maximum Gasteiger partial charge on any atom is 0.328 e. The summed E-state index contributed by atoms with van der Waals surface area (Å²) in [7, 11) is 0. The summed E-state index contributed by atoms with van der Waals surface area (Å²) in [6.07, 6.45) is 1.06. The number of fused-ring (bicyclic) bond motifs is 1. The molecule has 29 heavy (non-hydrogen) atoms. The summed E-state index contributed by atoms with van der Waals surface area (Å²) < 4.78 is 11.5. The average molecular weight is 434 g/mol. The van der Waals surface area contributed by atoms with Gasteiger partial charge in [-0.2, -0.15) is 0 Å². The van der Waals surface area contributed by atoms with Crippen LogP contribution in [0.25, 0.3) is 0 Å². The fourth-order valence-electron chi connectivity index (χ4n) is 2.82. The number of aromatic amines is 1. The highest BCUT2D eigenvalue weighted by Crippen LogP contribution is 2.32. The number of benzene rings is 2. The summed E-state index contributed by atoms with van der Waals surface area (Å²) in [5, 5.41) is 3.15. The predicted octanol–water partition coefficient (Wildman–Crippen LogP) is 2.87. The van der Waals surface area contributed by atoms with Crippen LogP contribution in [0.2, 0.25) is 10.0 Å². The Kier molecular flexibility index (Phi) is 5.04. The lowest BCUT2D eigenvalue weighted by atomic mass is 10.2. The minimum atomic E-state index is -0.748. The Labute approximate surface area is 173 Å². The topological polar surface area (TPSA) is 102 Å². The van der Waals surface area contributed by atoms with Crippen molar-refractivity contribution in [3.8, 4) is 11.5 Å². The van der Waals surface area contributed by atoms with E-state index in [2.05, 4.69) is 10.3 Å². The number of carbonyl (C=O) groups excluding carboxylic acids is 1. The summed E-state index contributed by atoms with van der Waals surface area (Å²) in [5.41, 5.74) is -0.761. The van der Waals surface area contributed by atoms with Crippen LogP contribution in [-0.4, -0.2) is 22.3 Å². The van der Waals surface area contributed by atoms with Crippen molar-refractivity contribution in [2.45, 2.75) is 6.54 Å². The second kappa shape index (κ2) is 7.65. The van der Waals surface area contributed by atoms with Crippen molar-refractivity contribution >= 4 is 34.8 Å². The van der Waals surface area contributed by atoms with E-state index in [1.807, 2.05) is 0 Å². The first-order valence-corrected chi connectivity index (χ1v) is 9.15. The van der Waals surface area contributed by atoms with E-state index in [-0.39, 0.29) is 29.6 Å². The molecule has 8 nitrogen and oxygen atoms in total. The second-order valence-corrected chi connectivity index (χ2v) is 7.01. The van der Waals surface area contributed by atoms with Gasteiger partial charge in [-0.05, 0) is 35.9 Å². The average Bonchev–Trinajstić information content (AvgIpc) is 3.15. The number of H-pyrrole nitrogens is 1. The van der Waals surface area contributed by atoms with Crippen molar-refractivity contribution in [2.24, 2.45) is 0 Å². The fourth-order valence-corrected chi connectivity index (χ4v) is 3.16. The minimum Gasteiger partial charge on any atom is -0.454 e. The smallest absolute Gasteiger partial charge is 0.328 e. The van der Waals surface area contributed by atoms with Crippen molar-refractivity contribution in [1.82, 2.24) is 9.55 Å². The Balaban J connectivity index is 1.64. The molecule has 2 N–H and O–H groups in total. The molecule has 0 radical (unpaired) electrons. The molecule has 0 atom stereocenters. The summed E-state index contributed by atoms with van der Waals surface area (Å²) >= 11 is 12.0. The van der Waals surface area contributed by atoms with E-state index in [9.17, 15) is 14.4 Å². The lowest BCUT2D eigenvalue weighted by Gasteiger charge is -2.10. The molecule has 0 saturated heterocycles. The number of halogens is 2. The van der Waals surface area contributed by atoms with Gasteiger partial charge >= 0.3 is 5.69 Å². The predicted molar refractivity (Wildman–Crippen MR) is 107 cm³/mol. The van der Waals surface area contributed by atoms with Crippen molar-refractivity contribution in [3.05, 3.63) is 84.6 Å². The zero-order valence-corrected chi connectivity index (χ0v) is 16.2. The highest BCUT2D eigenvalue weighted by molar-refractivity contribution is 6.35. The first-order chi connectivity index (χ1) is 13.9. The number of nitrogens with zero attached hydrogens (tertiary/aromatic N) is 1. The van der Waals surface area contributed by atoms with Gasteiger partial charge in [0.15, 0.2) is 11.5 Å². The molecule has 0 saturated carbocycles. The van der Waals surface area contributed by atoms with Gasteiger partial charge in [0.05, 0.1) is 17.3 Å². The van der Waals surface area contributed by atoms with Gasteiger partial charge in [-0.15, -0.1) is 0 Å². The Bertz CT molecular complexity index is 1240. The van der Waals surface area contributed by atoms with Crippen LogP contribution in [-0.2, 0) is 6.54 Å². The van der Waals surface area contributed by atoms with Gasteiger partial charge in [0, 0.05) is 11.2 Å². The summed E-state index contributed by atoms with van der Waals surface area (Å²) in [5.74, 6) is 0.382. The fraction of sp³-hybridized carbons (Fsp3) is 0.105. The Morgan fingerprint density at radius 3 is 2.72 bits per heavy atom. The number of rotatable bonds is 4. The molecule has 3 aromatic rings. The van der Waals surface area contributed by atoms with Gasteiger partial charge in [0.2, 0.25) is 6.79 Å². The third kappa shape index (κ3) is 3.85. The highest BCUT2D eigenvalue weighted by atomic mass is 35.5. The monoisotopic (exact) mass is 433 g/mol. The van der Waals surface area contributed by atoms with Crippen molar-refractivity contribution in [1.29, 1.82) is 0 Å². The quantitative estimate of drug-likeness (QED) is 0.658. The molecule has 1 aliphatic heterocycles. The first kappa shape index (κ1) is 19.1. The van der Waals surface area contributed by atoms with Crippen LogP contribution in [0, 0.1) is 0 Å². The maximum atomic E-state index is 12.8. The standard InChI is InChI=1S/C19H13Cl2N3O5/c20-11-2-3-13(21)14(6-11)23-17(25)12-7-22-19(27)24(18(12)26)8-10-1-4-15-16(5-10)29-9-28-15/h1-7H,8-9H2,(H,22,27)(H,23,25). The van der Waals surface area contributed by atoms with E-state index in [0.717, 1.165) is 10.8 Å². The summed E-state index contributed by atoms with van der Waals surface area (Å²) in [6, 6.07) is 9.61. The molecule has 10 heteroatoms. The molecular formula is C19H13Cl2N3O5. The molecule has 1 aliphatic rings. The van der Waals surface area contributed by atoms with Crippen LogP contribution >= 0.6 is 23.2 Å². The van der Waals surface area contributed by atoms with E-state index in [0.29, 0.717) is 22.1 Å². The molecule has 0 fully saturated rings. The number of nitrogens with one attached hydrogen (secondary N) is 2. The molecule has 0 unspecified atom stereocenters. The third-order valence-electron chi connectivity index (χ3n) is 4.26. The lowest BCUT2D eigenvalue weighted by Crippen LogP contribution is -2.39. The summed E-state index contributed by atoms with van der Waals surface area (Å²) in [4.78, 5) is 40.0. The van der Waals surface area contributed by atoms with E-state index >= 15 is 0 Å². The number of anilines is 1. The highest BCUT2D eigenvalue weighted by Gasteiger charge is 2.18. The Hall–Kier alpha value is -3.23. The molecule has 0 aliphatic carbocycles. The molecule has 0 bridgehead atoms. The van der Waals surface area contributed by atoms with E-state index in [1.165, 1.54) is 12.1 Å². The third-order valence-corrected chi connectivity index (χ3v) is 4.82. The van der Waals surface area contributed by atoms with Crippen LogP contribution in [0.4, 0.5) is 5.69 Å². The number of ether oxygens (including phenoxy) is 2.